The topological polar surface area (TPSA) is 50.2 Å². The quantitative estimate of drug-likeness (QED) is 0.786. The number of pyridine rings is 1. The molecule has 4 heteroatoms. The van der Waals surface area contributed by atoms with Gasteiger partial charge in [0.05, 0.1) is 5.52 Å². The molecule has 0 aliphatic carbocycles. The van der Waals surface area contributed by atoms with Crippen LogP contribution in [0.15, 0.2) is 30.5 Å². The van der Waals surface area contributed by atoms with Crippen LogP contribution in [0.2, 0.25) is 5.02 Å². The van der Waals surface area contributed by atoms with E-state index in [1.807, 2.05) is 6.07 Å². The Morgan fingerprint density at radius 2 is 2.24 bits per heavy atom. The fourth-order valence-electron chi connectivity index (χ4n) is 1.45. The van der Waals surface area contributed by atoms with Crippen LogP contribution in [0.4, 0.5) is 0 Å². The molecule has 0 spiro atoms. The van der Waals surface area contributed by atoms with Gasteiger partial charge in [-0.1, -0.05) is 29.5 Å². The van der Waals surface area contributed by atoms with Crippen molar-refractivity contribution in [3.05, 3.63) is 41.0 Å². The van der Waals surface area contributed by atoms with Crippen LogP contribution in [0.3, 0.4) is 0 Å². The SMILES string of the molecule is O=C(O)CC#Cc1ccnc2cc(Cl)ccc12. The highest BCUT2D eigenvalue weighted by atomic mass is 35.5. The van der Waals surface area contributed by atoms with E-state index in [9.17, 15) is 4.79 Å². The Kier molecular flexibility index (Phi) is 3.27. The lowest BCUT2D eigenvalue weighted by molar-refractivity contribution is -0.135. The lowest BCUT2D eigenvalue weighted by Crippen LogP contribution is -1.90. The van der Waals surface area contributed by atoms with Gasteiger partial charge < -0.3 is 5.11 Å². The predicted octanol–water partition coefficient (Wildman–Crippen LogP) is 2.71. The van der Waals surface area contributed by atoms with E-state index < -0.39 is 5.97 Å². The molecule has 0 saturated heterocycles. The maximum Gasteiger partial charge on any atom is 0.315 e. The van der Waals surface area contributed by atoms with E-state index in [1.54, 1.807) is 24.4 Å². The monoisotopic (exact) mass is 245 g/mol. The first-order chi connectivity index (χ1) is 8.16. The highest BCUT2D eigenvalue weighted by molar-refractivity contribution is 6.31. The fraction of sp³-hybridized carbons (Fsp3) is 0.0769. The van der Waals surface area contributed by atoms with Crippen molar-refractivity contribution in [3.8, 4) is 11.8 Å². The smallest absolute Gasteiger partial charge is 0.315 e. The Bertz CT molecular complexity index is 641. The number of fused-ring (bicyclic) bond motifs is 1. The highest BCUT2D eigenvalue weighted by Gasteiger charge is 2.00. The summed E-state index contributed by atoms with van der Waals surface area (Å²) in [4.78, 5) is 14.5. The average molecular weight is 246 g/mol. The molecular formula is C13H8ClNO2. The standard InChI is InChI=1S/C13H8ClNO2/c14-10-4-5-11-9(2-1-3-13(16)17)6-7-15-12(11)8-10/h4-8H,3H2,(H,16,17). The Labute approximate surface area is 103 Å². The Balaban J connectivity index is 2.46. The number of carbonyl (C=O) groups is 1. The number of hydrogen-bond acceptors (Lipinski definition) is 2. The first-order valence-electron chi connectivity index (χ1n) is 4.92. The number of hydrogen-bond donors (Lipinski definition) is 1. The van der Waals surface area contributed by atoms with E-state index in [2.05, 4.69) is 16.8 Å². The van der Waals surface area contributed by atoms with Gasteiger partial charge in [-0.05, 0) is 18.2 Å². The van der Waals surface area contributed by atoms with E-state index >= 15 is 0 Å². The van der Waals surface area contributed by atoms with Crippen LogP contribution in [0.5, 0.6) is 0 Å². The summed E-state index contributed by atoms with van der Waals surface area (Å²) in [7, 11) is 0. The molecular weight excluding hydrogens is 238 g/mol. The van der Waals surface area contributed by atoms with Crippen LogP contribution in [0.1, 0.15) is 12.0 Å². The van der Waals surface area contributed by atoms with Gasteiger partial charge in [-0.15, -0.1) is 0 Å². The maximum absolute atomic E-state index is 10.4. The summed E-state index contributed by atoms with van der Waals surface area (Å²) in [5.41, 5.74) is 1.51. The minimum atomic E-state index is -0.932. The van der Waals surface area contributed by atoms with Crippen molar-refractivity contribution in [2.24, 2.45) is 0 Å². The molecule has 0 bridgehead atoms. The van der Waals surface area contributed by atoms with Gasteiger partial charge in [0.1, 0.15) is 6.42 Å². The minimum Gasteiger partial charge on any atom is -0.481 e. The third-order valence-electron chi connectivity index (χ3n) is 2.17. The lowest BCUT2D eigenvalue weighted by atomic mass is 10.1. The molecule has 0 amide bonds. The summed E-state index contributed by atoms with van der Waals surface area (Å²) >= 11 is 5.86. The number of benzene rings is 1. The van der Waals surface area contributed by atoms with Gasteiger partial charge in [-0.25, -0.2) is 0 Å². The zero-order chi connectivity index (χ0) is 12.3. The summed E-state index contributed by atoms with van der Waals surface area (Å²) in [6.45, 7) is 0. The van der Waals surface area contributed by atoms with Crippen LogP contribution >= 0.6 is 11.6 Å². The number of carboxylic acids is 1. The molecule has 17 heavy (non-hydrogen) atoms. The molecule has 1 N–H and O–H groups in total. The summed E-state index contributed by atoms with van der Waals surface area (Å²) in [5.74, 6) is 4.49. The Hall–Kier alpha value is -2.05. The number of halogens is 1. The molecule has 1 heterocycles. The van der Waals surface area contributed by atoms with Gasteiger partial charge in [-0.3, -0.25) is 9.78 Å². The van der Waals surface area contributed by atoms with Crippen molar-refractivity contribution in [2.75, 3.05) is 0 Å². The molecule has 0 atom stereocenters. The van der Waals surface area contributed by atoms with Crippen molar-refractivity contribution in [1.82, 2.24) is 4.98 Å². The molecule has 0 aliphatic rings. The number of rotatable bonds is 1. The first-order valence-corrected chi connectivity index (χ1v) is 5.29. The number of aromatic nitrogens is 1. The van der Waals surface area contributed by atoms with Gasteiger partial charge in [-0.2, -0.15) is 0 Å². The molecule has 0 saturated carbocycles. The molecule has 1 aromatic carbocycles. The minimum absolute atomic E-state index is 0.169. The number of nitrogens with zero attached hydrogens (tertiary/aromatic N) is 1. The summed E-state index contributed by atoms with van der Waals surface area (Å²) in [6, 6.07) is 7.09. The lowest BCUT2D eigenvalue weighted by Gasteiger charge is -1.99. The molecule has 1 aromatic heterocycles. The second-order valence-electron chi connectivity index (χ2n) is 3.39. The highest BCUT2D eigenvalue weighted by Crippen LogP contribution is 2.20. The number of carboxylic acid groups (broad SMARTS) is 1. The van der Waals surface area contributed by atoms with E-state index in [1.165, 1.54) is 0 Å². The summed E-state index contributed by atoms with van der Waals surface area (Å²) < 4.78 is 0. The molecule has 0 aliphatic heterocycles. The third kappa shape index (κ3) is 2.74. The van der Waals surface area contributed by atoms with Crippen LogP contribution < -0.4 is 0 Å². The third-order valence-corrected chi connectivity index (χ3v) is 2.40. The second-order valence-corrected chi connectivity index (χ2v) is 3.83. The molecule has 2 rings (SSSR count). The van der Waals surface area contributed by atoms with E-state index in [0.717, 1.165) is 16.5 Å². The van der Waals surface area contributed by atoms with Crippen molar-refractivity contribution < 1.29 is 9.90 Å². The Morgan fingerprint density at radius 3 is 3.00 bits per heavy atom. The van der Waals surface area contributed by atoms with Crippen LogP contribution in [-0.4, -0.2) is 16.1 Å². The van der Waals surface area contributed by atoms with E-state index in [0.29, 0.717) is 5.02 Å². The van der Waals surface area contributed by atoms with Gasteiger partial charge >= 0.3 is 5.97 Å². The van der Waals surface area contributed by atoms with Crippen molar-refractivity contribution in [3.63, 3.8) is 0 Å². The van der Waals surface area contributed by atoms with Crippen LogP contribution in [-0.2, 0) is 4.79 Å². The van der Waals surface area contributed by atoms with Crippen LogP contribution in [0.25, 0.3) is 10.9 Å². The van der Waals surface area contributed by atoms with Crippen molar-refractivity contribution in [2.45, 2.75) is 6.42 Å². The summed E-state index contributed by atoms with van der Waals surface area (Å²) in [5, 5.41) is 9.99. The van der Waals surface area contributed by atoms with Gasteiger partial charge in [0, 0.05) is 22.2 Å². The fourth-order valence-corrected chi connectivity index (χ4v) is 1.61. The number of aliphatic carboxylic acids is 1. The molecule has 3 nitrogen and oxygen atoms in total. The largest absolute Gasteiger partial charge is 0.481 e. The Morgan fingerprint density at radius 1 is 1.41 bits per heavy atom. The molecule has 0 unspecified atom stereocenters. The average Bonchev–Trinajstić information content (AvgIpc) is 2.28. The zero-order valence-electron chi connectivity index (χ0n) is 8.77. The molecule has 2 aromatic rings. The van der Waals surface area contributed by atoms with Crippen molar-refractivity contribution >= 4 is 28.5 Å². The van der Waals surface area contributed by atoms with Crippen LogP contribution in [0, 0.1) is 11.8 Å². The van der Waals surface area contributed by atoms with E-state index in [-0.39, 0.29) is 6.42 Å². The van der Waals surface area contributed by atoms with Gasteiger partial charge in [0.2, 0.25) is 0 Å². The van der Waals surface area contributed by atoms with E-state index in [4.69, 9.17) is 16.7 Å². The predicted molar refractivity (Wildman–Crippen MR) is 65.9 cm³/mol. The normalized spacial score (nSPS) is 9.71. The first kappa shape index (κ1) is 11.4. The molecule has 0 fully saturated rings. The van der Waals surface area contributed by atoms with Gasteiger partial charge in [0.15, 0.2) is 0 Å². The maximum atomic E-state index is 10.4. The van der Waals surface area contributed by atoms with Gasteiger partial charge in [0.25, 0.3) is 0 Å². The second kappa shape index (κ2) is 4.86. The van der Waals surface area contributed by atoms with Crippen molar-refractivity contribution in [1.29, 1.82) is 0 Å². The molecule has 0 radical (unpaired) electrons. The molecule has 84 valence electrons. The summed E-state index contributed by atoms with van der Waals surface area (Å²) in [6.07, 6.45) is 1.46. The zero-order valence-corrected chi connectivity index (χ0v) is 9.53.